The zero-order valence-electron chi connectivity index (χ0n) is 7.91. The molecular weight excluding hydrogens is 271 g/mol. The Morgan fingerprint density at radius 1 is 1.12 bits per heavy atom. The monoisotopic (exact) mass is 275 g/mol. The Bertz CT molecular complexity index is 439. The molecule has 8 heteroatoms. The Balaban J connectivity index is 3.23. The van der Waals surface area contributed by atoms with E-state index in [0.717, 1.165) is 18.2 Å². The quantitative estimate of drug-likeness (QED) is 0.453. The van der Waals surface area contributed by atoms with E-state index in [1.54, 1.807) is 0 Å². The second-order valence-electron chi connectivity index (χ2n) is 3.02. The van der Waals surface area contributed by atoms with Gasteiger partial charge < -0.3 is 0 Å². The molecule has 0 radical (unpaired) electrons. The van der Waals surface area contributed by atoms with Crippen LogP contribution in [0.2, 0.25) is 0 Å². The van der Waals surface area contributed by atoms with Gasteiger partial charge in [-0.15, -0.1) is 0 Å². The van der Waals surface area contributed by atoms with Crippen molar-refractivity contribution in [3.05, 3.63) is 39.4 Å². The van der Waals surface area contributed by atoms with Crippen LogP contribution >= 0.6 is 0 Å². The van der Waals surface area contributed by atoms with Gasteiger partial charge in [0.05, 0.1) is 0 Å². The first kappa shape index (κ1) is 12.3. The van der Waals surface area contributed by atoms with Gasteiger partial charge in [-0.1, -0.05) is 0 Å². The summed E-state index contributed by atoms with van der Waals surface area (Å²) in [4.78, 5) is 31.7. The number of nitrogens with zero attached hydrogens (tertiary/aromatic N) is 1. The Morgan fingerprint density at radius 3 is 1.88 bits per heavy atom. The Morgan fingerprint density at radius 2 is 1.56 bits per heavy atom. The number of nitro groups is 1. The predicted octanol–water partition coefficient (Wildman–Crippen LogP) is -0.0175. The number of carboxylic acid groups (broad SMARTS) is 2. The zero-order chi connectivity index (χ0) is 12.3. The summed E-state index contributed by atoms with van der Waals surface area (Å²) in [5.74, 6) is -2.59. The molecule has 1 rings (SSSR count). The van der Waals surface area contributed by atoms with E-state index in [2.05, 4.69) is 0 Å². The zero-order valence-corrected chi connectivity index (χ0v) is 10.9. The molecule has 80 valence electrons. The average Bonchev–Trinajstić information content (AvgIpc) is 2.15. The summed E-state index contributed by atoms with van der Waals surface area (Å²) in [6.45, 7) is 0. The fourth-order valence-electron chi connectivity index (χ4n) is 1.18. The van der Waals surface area contributed by atoms with Gasteiger partial charge in [0.15, 0.2) is 0 Å². The predicted molar refractivity (Wildman–Crippen MR) is 47.0 cm³/mol. The first-order valence-electron chi connectivity index (χ1n) is 4.12. The fourth-order valence-corrected chi connectivity index (χ4v) is 3.11. The summed E-state index contributed by atoms with van der Waals surface area (Å²) in [7, 11) is 0. The van der Waals surface area contributed by atoms with Crippen molar-refractivity contribution < 1.29 is 40.8 Å². The van der Waals surface area contributed by atoms with E-state index >= 15 is 0 Å². The molecule has 0 unspecified atom stereocenters. The van der Waals surface area contributed by atoms with Crippen LogP contribution in [-0.4, -0.2) is 25.8 Å². The molecule has 1 aromatic carbocycles. The molecule has 0 aliphatic heterocycles. The normalized spacial score (nSPS) is 9.25. The fraction of sp³-hybridized carbons (Fsp3) is 0. The van der Waals surface area contributed by atoms with Crippen LogP contribution in [0.1, 0.15) is 20.7 Å². The van der Waals surface area contributed by atoms with E-state index in [4.69, 9.17) is 10.2 Å². The van der Waals surface area contributed by atoms with Gasteiger partial charge in [-0.2, -0.15) is 0 Å². The number of benzene rings is 1. The van der Waals surface area contributed by atoms with Crippen molar-refractivity contribution in [1.82, 2.24) is 0 Å². The molecule has 7 nitrogen and oxygen atoms in total. The Kier molecular flexibility index (Phi) is 3.68. The van der Waals surface area contributed by atoms with Crippen molar-refractivity contribution in [2.45, 2.75) is 0 Å². The van der Waals surface area contributed by atoms with E-state index in [0.29, 0.717) is 0 Å². The SMILES string of the molecule is O=C(O)c1c[c]([Zn][N+](=O)[O-])cc(C(=O)O)c1. The molecule has 2 N–H and O–H groups in total. The summed E-state index contributed by atoms with van der Waals surface area (Å²) >= 11 is -2.34. The number of hydrogen-bond donors (Lipinski definition) is 2. The third kappa shape index (κ3) is 3.10. The molecule has 0 aromatic heterocycles. The van der Waals surface area contributed by atoms with Crippen LogP contribution in [0.15, 0.2) is 18.2 Å². The van der Waals surface area contributed by atoms with Crippen molar-refractivity contribution in [2.24, 2.45) is 0 Å². The first-order chi connectivity index (χ1) is 7.40. The van der Waals surface area contributed by atoms with Gasteiger partial charge >= 0.3 is 96.4 Å². The van der Waals surface area contributed by atoms with E-state index in [1.807, 2.05) is 0 Å². The van der Waals surface area contributed by atoms with Crippen LogP contribution < -0.4 is 4.16 Å². The van der Waals surface area contributed by atoms with Crippen molar-refractivity contribution in [3.8, 4) is 0 Å². The number of hydrogen-bond acceptors (Lipinski definition) is 4. The number of carboxylic acids is 2. The van der Waals surface area contributed by atoms with Crippen molar-refractivity contribution in [2.75, 3.05) is 0 Å². The van der Waals surface area contributed by atoms with Crippen LogP contribution in [-0.2, 0) is 17.4 Å². The topological polar surface area (TPSA) is 118 Å². The van der Waals surface area contributed by atoms with E-state index in [9.17, 15) is 19.7 Å². The van der Waals surface area contributed by atoms with Gasteiger partial charge in [0.1, 0.15) is 0 Å². The van der Waals surface area contributed by atoms with Crippen LogP contribution in [0.25, 0.3) is 0 Å². The summed E-state index contributed by atoms with van der Waals surface area (Å²) < 4.78 is -0.241. The molecule has 1 aromatic rings. The van der Waals surface area contributed by atoms with E-state index in [-0.39, 0.29) is 15.3 Å². The molecule has 0 saturated carbocycles. The van der Waals surface area contributed by atoms with Gasteiger partial charge in [-0.3, -0.25) is 0 Å². The van der Waals surface area contributed by atoms with Crippen LogP contribution in [0.4, 0.5) is 0 Å². The van der Waals surface area contributed by atoms with E-state index < -0.39 is 33.0 Å². The third-order valence-electron chi connectivity index (χ3n) is 1.80. The number of carbonyl (C=O) groups is 2. The molecule has 0 aliphatic rings. The molecule has 0 heterocycles. The Labute approximate surface area is 96.7 Å². The van der Waals surface area contributed by atoms with Crippen molar-refractivity contribution >= 4 is 16.1 Å². The second-order valence-corrected chi connectivity index (χ2v) is 6.48. The summed E-state index contributed by atoms with van der Waals surface area (Å²) in [6.07, 6.45) is 0. The van der Waals surface area contributed by atoms with Gasteiger partial charge in [-0.25, -0.2) is 0 Å². The minimum atomic E-state index is -2.34. The summed E-state index contributed by atoms with van der Waals surface area (Å²) in [6, 6.07) is 3.31. The van der Waals surface area contributed by atoms with E-state index in [1.165, 1.54) is 0 Å². The molecule has 0 fully saturated rings. The molecule has 0 saturated heterocycles. The van der Waals surface area contributed by atoms with Crippen molar-refractivity contribution in [3.63, 3.8) is 0 Å². The van der Waals surface area contributed by atoms with Gasteiger partial charge in [0.2, 0.25) is 0 Å². The molecule has 0 bridgehead atoms. The van der Waals surface area contributed by atoms with Gasteiger partial charge in [-0.05, 0) is 0 Å². The van der Waals surface area contributed by atoms with Crippen LogP contribution in [0, 0.1) is 10.1 Å². The standard InChI is InChI=1S/C8H5O4.NO2.Zn/c9-7(10)5-2-1-3-6(4-5)8(11)12;2-1-3;/h2-4H,(H,9,10)(H,11,12);;. The van der Waals surface area contributed by atoms with Crippen molar-refractivity contribution in [1.29, 1.82) is 0 Å². The number of aromatic carboxylic acids is 2. The average molecular weight is 277 g/mol. The molecule has 0 atom stereocenters. The maximum atomic E-state index is 10.7. The molecule has 0 amide bonds. The first-order valence-corrected chi connectivity index (χ1v) is 6.93. The van der Waals surface area contributed by atoms with Crippen LogP contribution in [0.3, 0.4) is 0 Å². The minimum absolute atomic E-state index is 0.231. The Hall–Kier alpha value is -1.82. The second kappa shape index (κ2) is 4.80. The molecule has 0 aliphatic carbocycles. The molecular formula is C8H5NO6Zn. The molecule has 16 heavy (non-hydrogen) atoms. The van der Waals surface area contributed by atoms with Gasteiger partial charge in [0.25, 0.3) is 0 Å². The summed E-state index contributed by atoms with van der Waals surface area (Å²) in [5, 5.41) is 27.7. The van der Waals surface area contributed by atoms with Gasteiger partial charge in [0, 0.05) is 0 Å². The molecule has 0 spiro atoms. The van der Waals surface area contributed by atoms with Crippen LogP contribution in [0.5, 0.6) is 0 Å². The summed E-state index contributed by atoms with van der Waals surface area (Å²) in [5.41, 5.74) is -0.468. The third-order valence-corrected chi connectivity index (χ3v) is 3.96. The number of rotatable bonds is 4. The maximum absolute atomic E-state index is 10.7.